The van der Waals surface area contributed by atoms with Gasteiger partial charge >= 0.3 is 5.97 Å². The lowest BCUT2D eigenvalue weighted by atomic mass is 10.0. The van der Waals surface area contributed by atoms with Gasteiger partial charge < -0.3 is 10.8 Å². The highest BCUT2D eigenvalue weighted by Gasteiger charge is 2.22. The number of hydrogen-bond donors (Lipinski definition) is 2. The molecule has 0 unspecified atom stereocenters. The molecule has 0 spiro atoms. The zero-order valence-corrected chi connectivity index (χ0v) is 7.91. The van der Waals surface area contributed by atoms with Crippen molar-refractivity contribution in [3.8, 4) is 0 Å². The van der Waals surface area contributed by atoms with Gasteiger partial charge in [0.15, 0.2) is 11.6 Å². The predicted octanol–water partition coefficient (Wildman–Crippen LogP) is 1.07. The highest BCUT2D eigenvalue weighted by Crippen LogP contribution is 2.15. The molecule has 1 aromatic carbocycles. The molecule has 4 nitrogen and oxygen atoms in total. The lowest BCUT2D eigenvalue weighted by Gasteiger charge is -2.03. The van der Waals surface area contributed by atoms with Gasteiger partial charge in [-0.15, -0.1) is 0 Å². The molecule has 0 saturated carbocycles. The van der Waals surface area contributed by atoms with Crippen LogP contribution in [0.25, 0.3) is 0 Å². The van der Waals surface area contributed by atoms with E-state index in [9.17, 15) is 18.4 Å². The Balaban J connectivity index is 3.25. The first-order chi connectivity index (χ1) is 7.49. The first-order valence-corrected chi connectivity index (χ1v) is 4.13. The van der Waals surface area contributed by atoms with Gasteiger partial charge in [-0.3, -0.25) is 4.79 Å². The third kappa shape index (κ3) is 2.05. The average molecular weight is 227 g/mol. The molecular formula is C10H7F2NO3. The van der Waals surface area contributed by atoms with Crippen LogP contribution in [-0.2, 0) is 4.79 Å². The van der Waals surface area contributed by atoms with Crippen molar-refractivity contribution in [2.75, 3.05) is 0 Å². The van der Waals surface area contributed by atoms with E-state index in [0.717, 1.165) is 18.2 Å². The summed E-state index contributed by atoms with van der Waals surface area (Å²) < 4.78 is 25.9. The highest BCUT2D eigenvalue weighted by atomic mass is 19.2. The van der Waals surface area contributed by atoms with E-state index < -0.39 is 34.5 Å². The molecule has 0 aromatic heterocycles. The molecule has 1 aromatic rings. The fourth-order valence-electron chi connectivity index (χ4n) is 1.07. The Morgan fingerprint density at radius 2 is 1.94 bits per heavy atom. The van der Waals surface area contributed by atoms with E-state index in [4.69, 9.17) is 10.8 Å². The van der Waals surface area contributed by atoms with Crippen LogP contribution in [-0.4, -0.2) is 16.9 Å². The molecule has 6 heteroatoms. The number of rotatable bonds is 3. The Bertz CT molecular complexity index is 483. The van der Waals surface area contributed by atoms with Crippen LogP contribution < -0.4 is 5.73 Å². The SMILES string of the molecule is NC=C(C(=O)O)C(=O)c1cccc(F)c1F. The number of nitrogens with two attached hydrogens (primary N) is 1. The minimum absolute atomic E-state index is 0.537. The predicted molar refractivity (Wildman–Crippen MR) is 50.6 cm³/mol. The lowest BCUT2D eigenvalue weighted by Crippen LogP contribution is -2.16. The van der Waals surface area contributed by atoms with Gasteiger partial charge in [-0.05, 0) is 12.1 Å². The number of carbonyl (C=O) groups excluding carboxylic acids is 1. The van der Waals surface area contributed by atoms with Gasteiger partial charge in [0.05, 0.1) is 5.56 Å². The number of Topliss-reactive ketones (excluding diaryl/α,β-unsaturated/α-hetero) is 1. The van der Waals surface area contributed by atoms with Crippen LogP contribution in [0.15, 0.2) is 30.0 Å². The summed E-state index contributed by atoms with van der Waals surface area (Å²) in [5, 5.41) is 8.58. The zero-order valence-electron chi connectivity index (χ0n) is 7.91. The van der Waals surface area contributed by atoms with E-state index in [0.29, 0.717) is 6.20 Å². The molecule has 0 aliphatic carbocycles. The average Bonchev–Trinajstić information content (AvgIpc) is 2.22. The molecule has 16 heavy (non-hydrogen) atoms. The smallest absolute Gasteiger partial charge is 0.341 e. The third-order valence-electron chi connectivity index (χ3n) is 1.84. The van der Waals surface area contributed by atoms with Crippen molar-refractivity contribution in [2.24, 2.45) is 5.73 Å². The van der Waals surface area contributed by atoms with E-state index in [2.05, 4.69) is 0 Å². The number of carboxylic acids is 1. The Labute approximate surface area is 89.0 Å². The zero-order chi connectivity index (χ0) is 12.3. The fraction of sp³-hybridized carbons (Fsp3) is 0. The fourth-order valence-corrected chi connectivity index (χ4v) is 1.07. The number of hydrogen-bond acceptors (Lipinski definition) is 3. The molecule has 0 fully saturated rings. The van der Waals surface area contributed by atoms with Crippen molar-refractivity contribution in [1.82, 2.24) is 0 Å². The quantitative estimate of drug-likeness (QED) is 0.350. The summed E-state index contributed by atoms with van der Waals surface area (Å²) in [5.74, 6) is -5.40. The molecule has 0 atom stereocenters. The molecule has 0 aliphatic heterocycles. The van der Waals surface area contributed by atoms with E-state index in [-0.39, 0.29) is 0 Å². The first kappa shape index (κ1) is 11.8. The minimum atomic E-state index is -1.60. The molecule has 84 valence electrons. The van der Waals surface area contributed by atoms with Crippen LogP contribution >= 0.6 is 0 Å². The Morgan fingerprint density at radius 1 is 1.31 bits per heavy atom. The van der Waals surface area contributed by atoms with Gasteiger partial charge in [-0.1, -0.05) is 6.07 Å². The summed E-state index contributed by atoms with van der Waals surface area (Å²) >= 11 is 0. The van der Waals surface area contributed by atoms with Crippen molar-refractivity contribution in [3.05, 3.63) is 47.2 Å². The second-order valence-corrected chi connectivity index (χ2v) is 2.82. The van der Waals surface area contributed by atoms with Gasteiger partial charge in [0, 0.05) is 6.20 Å². The van der Waals surface area contributed by atoms with Crippen molar-refractivity contribution >= 4 is 11.8 Å². The number of ketones is 1. The topological polar surface area (TPSA) is 80.4 Å². The first-order valence-electron chi connectivity index (χ1n) is 4.13. The van der Waals surface area contributed by atoms with Gasteiger partial charge in [0.2, 0.25) is 5.78 Å². The van der Waals surface area contributed by atoms with Crippen LogP contribution in [0, 0.1) is 11.6 Å². The van der Waals surface area contributed by atoms with Gasteiger partial charge in [-0.25, -0.2) is 13.6 Å². The van der Waals surface area contributed by atoms with Crippen LogP contribution in [0.5, 0.6) is 0 Å². The van der Waals surface area contributed by atoms with Crippen molar-refractivity contribution in [1.29, 1.82) is 0 Å². The maximum Gasteiger partial charge on any atom is 0.341 e. The summed E-state index contributed by atoms with van der Waals surface area (Å²) in [6.45, 7) is 0. The molecule has 0 radical (unpaired) electrons. The molecule has 0 bridgehead atoms. The maximum absolute atomic E-state index is 13.2. The summed E-state index contributed by atoms with van der Waals surface area (Å²) in [7, 11) is 0. The number of benzene rings is 1. The summed E-state index contributed by atoms with van der Waals surface area (Å²) in [5.41, 5.74) is 3.44. The van der Waals surface area contributed by atoms with Crippen LogP contribution in [0.4, 0.5) is 8.78 Å². The number of aliphatic carboxylic acids is 1. The summed E-state index contributed by atoms with van der Waals surface area (Å²) in [6, 6.07) is 2.90. The van der Waals surface area contributed by atoms with Crippen molar-refractivity contribution in [2.45, 2.75) is 0 Å². The van der Waals surface area contributed by atoms with Crippen molar-refractivity contribution in [3.63, 3.8) is 0 Å². The van der Waals surface area contributed by atoms with E-state index in [1.807, 2.05) is 0 Å². The summed E-state index contributed by atoms with van der Waals surface area (Å²) in [6.07, 6.45) is 0.537. The second-order valence-electron chi connectivity index (χ2n) is 2.82. The Kier molecular flexibility index (Phi) is 3.34. The largest absolute Gasteiger partial charge is 0.477 e. The van der Waals surface area contributed by atoms with Crippen LogP contribution in [0.3, 0.4) is 0 Å². The van der Waals surface area contributed by atoms with Gasteiger partial charge in [0.25, 0.3) is 0 Å². The van der Waals surface area contributed by atoms with E-state index in [1.165, 1.54) is 0 Å². The molecule has 1 rings (SSSR count). The molecule has 0 aliphatic rings. The monoisotopic (exact) mass is 227 g/mol. The lowest BCUT2D eigenvalue weighted by molar-refractivity contribution is -0.132. The molecule has 3 N–H and O–H groups in total. The van der Waals surface area contributed by atoms with Gasteiger partial charge in [0.1, 0.15) is 5.57 Å². The highest BCUT2D eigenvalue weighted by molar-refractivity contribution is 6.23. The normalized spacial score (nSPS) is 11.2. The maximum atomic E-state index is 13.2. The standard InChI is InChI=1S/C10H7F2NO3/c11-7-3-1-2-5(8(7)12)9(14)6(4-13)10(15)16/h1-4H,13H2,(H,15,16). The molecule has 0 amide bonds. The Hall–Kier alpha value is -2.24. The van der Waals surface area contributed by atoms with Crippen LogP contribution in [0.1, 0.15) is 10.4 Å². The summed E-state index contributed by atoms with van der Waals surface area (Å²) in [4.78, 5) is 22.0. The van der Waals surface area contributed by atoms with E-state index >= 15 is 0 Å². The van der Waals surface area contributed by atoms with Crippen molar-refractivity contribution < 1.29 is 23.5 Å². The number of carbonyl (C=O) groups is 2. The van der Waals surface area contributed by atoms with Crippen LogP contribution in [0.2, 0.25) is 0 Å². The number of carboxylic acid groups (broad SMARTS) is 1. The molecule has 0 heterocycles. The number of halogens is 2. The third-order valence-corrected chi connectivity index (χ3v) is 1.84. The molecular weight excluding hydrogens is 220 g/mol. The minimum Gasteiger partial charge on any atom is -0.477 e. The van der Waals surface area contributed by atoms with E-state index in [1.54, 1.807) is 0 Å². The Morgan fingerprint density at radius 3 is 2.44 bits per heavy atom. The second kappa shape index (κ2) is 4.52. The van der Waals surface area contributed by atoms with Gasteiger partial charge in [-0.2, -0.15) is 0 Å². The molecule has 0 saturated heterocycles.